The van der Waals surface area contributed by atoms with Gasteiger partial charge in [-0.25, -0.2) is 14.6 Å². The van der Waals surface area contributed by atoms with Crippen LogP contribution < -0.4 is 10.3 Å². The molecular formula is C24H26N6O4. The molecule has 0 aliphatic rings. The summed E-state index contributed by atoms with van der Waals surface area (Å²) in [5.41, 5.74) is 3.06. The largest absolute Gasteiger partial charge is 0.488 e. The molecular weight excluding hydrogens is 436 g/mol. The first-order chi connectivity index (χ1) is 16.7. The Morgan fingerprint density at radius 2 is 1.74 bits per heavy atom. The molecule has 0 bridgehead atoms. The zero-order chi connectivity index (χ0) is 23.8. The molecule has 3 aromatic heterocycles. The number of nitrogens with zero attached hydrogens (tertiary/aromatic N) is 6. The minimum atomic E-state index is -0.185. The van der Waals surface area contributed by atoms with Gasteiger partial charge in [0.1, 0.15) is 6.61 Å². The Labute approximate surface area is 196 Å². The number of benzene rings is 1. The molecule has 4 aromatic rings. The van der Waals surface area contributed by atoms with Crippen LogP contribution in [0.2, 0.25) is 0 Å². The van der Waals surface area contributed by atoms with E-state index < -0.39 is 0 Å². The fraction of sp³-hybridized carbons (Fsp3) is 0.292. The maximum absolute atomic E-state index is 12.5. The Morgan fingerprint density at radius 1 is 0.912 bits per heavy atom. The van der Waals surface area contributed by atoms with E-state index in [4.69, 9.17) is 14.2 Å². The maximum atomic E-state index is 12.5. The predicted octanol–water partition coefficient (Wildman–Crippen LogP) is 2.28. The molecule has 176 valence electrons. The summed E-state index contributed by atoms with van der Waals surface area (Å²) in [7, 11) is 3.27. The van der Waals surface area contributed by atoms with Crippen LogP contribution >= 0.6 is 0 Å². The Kier molecular flexibility index (Phi) is 7.74. The average Bonchev–Trinajstić information content (AvgIpc) is 3.34. The summed E-state index contributed by atoms with van der Waals surface area (Å²) < 4.78 is 18.8. The molecule has 0 saturated carbocycles. The van der Waals surface area contributed by atoms with Crippen molar-refractivity contribution in [3.05, 3.63) is 77.1 Å². The summed E-state index contributed by atoms with van der Waals surface area (Å²) in [6.07, 6.45) is 6.88. The van der Waals surface area contributed by atoms with Crippen LogP contribution in [0.4, 0.5) is 0 Å². The first-order valence-electron chi connectivity index (χ1n) is 10.8. The molecule has 4 rings (SSSR count). The van der Waals surface area contributed by atoms with Crippen LogP contribution in [0.15, 0.2) is 66.0 Å². The highest BCUT2D eigenvalue weighted by molar-refractivity contribution is 5.57. The SMILES string of the molecule is COCCOc1cnc(-c2cccc(Cn3nc(-c4cnn(CCOC)c4)ccc3=O)c2)nc1. The molecule has 0 fully saturated rings. The Hall–Kier alpha value is -3.89. The van der Waals surface area contributed by atoms with Crippen molar-refractivity contribution in [1.29, 1.82) is 0 Å². The molecule has 0 unspecified atom stereocenters. The normalized spacial score (nSPS) is 11.0. The predicted molar refractivity (Wildman–Crippen MR) is 126 cm³/mol. The van der Waals surface area contributed by atoms with Gasteiger partial charge in [0, 0.05) is 37.6 Å². The molecule has 3 heterocycles. The van der Waals surface area contributed by atoms with Crippen LogP contribution in [0.1, 0.15) is 5.56 Å². The van der Waals surface area contributed by atoms with Gasteiger partial charge in [0.05, 0.1) is 50.6 Å². The second kappa shape index (κ2) is 11.3. The van der Waals surface area contributed by atoms with E-state index in [0.29, 0.717) is 50.2 Å². The van der Waals surface area contributed by atoms with Gasteiger partial charge in [-0.15, -0.1) is 0 Å². The average molecular weight is 463 g/mol. The third-order valence-electron chi connectivity index (χ3n) is 5.02. The van der Waals surface area contributed by atoms with Gasteiger partial charge in [-0.3, -0.25) is 9.48 Å². The lowest BCUT2D eigenvalue weighted by molar-refractivity contribution is 0.146. The van der Waals surface area contributed by atoms with Gasteiger partial charge in [0.25, 0.3) is 5.56 Å². The fourth-order valence-corrected chi connectivity index (χ4v) is 3.28. The molecule has 0 amide bonds. The molecule has 0 aliphatic heterocycles. The van der Waals surface area contributed by atoms with Crippen molar-refractivity contribution in [2.75, 3.05) is 34.0 Å². The van der Waals surface area contributed by atoms with Crippen LogP contribution in [0.5, 0.6) is 5.75 Å². The summed E-state index contributed by atoms with van der Waals surface area (Å²) >= 11 is 0. The van der Waals surface area contributed by atoms with Gasteiger partial charge in [-0.05, 0) is 17.7 Å². The molecule has 0 atom stereocenters. The van der Waals surface area contributed by atoms with Crippen LogP contribution in [0.3, 0.4) is 0 Å². The van der Waals surface area contributed by atoms with E-state index in [1.807, 2.05) is 30.5 Å². The highest BCUT2D eigenvalue weighted by atomic mass is 16.5. The van der Waals surface area contributed by atoms with Gasteiger partial charge < -0.3 is 14.2 Å². The molecule has 0 N–H and O–H groups in total. The fourth-order valence-electron chi connectivity index (χ4n) is 3.28. The van der Waals surface area contributed by atoms with Crippen molar-refractivity contribution in [2.45, 2.75) is 13.1 Å². The third kappa shape index (κ3) is 5.91. The highest BCUT2D eigenvalue weighted by Gasteiger charge is 2.09. The zero-order valence-electron chi connectivity index (χ0n) is 19.1. The summed E-state index contributed by atoms with van der Waals surface area (Å²) in [6, 6.07) is 10.9. The summed E-state index contributed by atoms with van der Waals surface area (Å²) in [5, 5.41) is 8.86. The van der Waals surface area contributed by atoms with E-state index in [2.05, 4.69) is 20.2 Å². The van der Waals surface area contributed by atoms with E-state index >= 15 is 0 Å². The Bertz CT molecular complexity index is 1270. The minimum absolute atomic E-state index is 0.185. The minimum Gasteiger partial charge on any atom is -0.488 e. The van der Waals surface area contributed by atoms with Crippen LogP contribution in [-0.2, 0) is 22.6 Å². The molecule has 1 aromatic carbocycles. The van der Waals surface area contributed by atoms with Crippen LogP contribution in [-0.4, -0.2) is 63.6 Å². The molecule has 0 aliphatic carbocycles. The van der Waals surface area contributed by atoms with Gasteiger partial charge >= 0.3 is 0 Å². The zero-order valence-corrected chi connectivity index (χ0v) is 19.1. The van der Waals surface area contributed by atoms with Gasteiger partial charge in [0.2, 0.25) is 0 Å². The molecule has 34 heavy (non-hydrogen) atoms. The second-order valence-corrected chi connectivity index (χ2v) is 7.48. The molecule has 10 nitrogen and oxygen atoms in total. The molecule has 0 spiro atoms. The summed E-state index contributed by atoms with van der Waals surface area (Å²) in [4.78, 5) is 21.3. The number of rotatable bonds is 11. The first kappa shape index (κ1) is 23.3. The summed E-state index contributed by atoms with van der Waals surface area (Å²) in [5.74, 6) is 1.15. The Morgan fingerprint density at radius 3 is 2.53 bits per heavy atom. The van der Waals surface area contributed by atoms with Crippen molar-refractivity contribution >= 4 is 0 Å². The quantitative estimate of drug-likeness (QED) is 0.313. The van der Waals surface area contributed by atoms with E-state index in [9.17, 15) is 4.79 Å². The number of methoxy groups -OCH3 is 2. The van der Waals surface area contributed by atoms with Crippen molar-refractivity contribution in [3.8, 4) is 28.4 Å². The number of hydrogen-bond acceptors (Lipinski definition) is 8. The molecule has 0 saturated heterocycles. The number of ether oxygens (including phenoxy) is 3. The van der Waals surface area contributed by atoms with Crippen molar-refractivity contribution in [1.82, 2.24) is 29.5 Å². The summed E-state index contributed by atoms with van der Waals surface area (Å²) in [6.45, 7) is 2.46. The van der Waals surface area contributed by atoms with E-state index in [1.54, 1.807) is 43.6 Å². The van der Waals surface area contributed by atoms with Crippen molar-refractivity contribution in [2.24, 2.45) is 0 Å². The molecule has 10 heteroatoms. The van der Waals surface area contributed by atoms with Gasteiger partial charge in [-0.2, -0.15) is 10.2 Å². The van der Waals surface area contributed by atoms with Crippen LogP contribution in [0, 0.1) is 0 Å². The molecule has 0 radical (unpaired) electrons. The lowest BCUT2D eigenvalue weighted by Crippen LogP contribution is -2.22. The standard InChI is InChI=1S/C24H26N6O4/c1-32-9-8-29-17-20(13-27-29)22-6-7-23(31)30(28-22)16-18-4-3-5-19(12-18)24-25-14-21(15-26-24)34-11-10-33-2/h3-7,12-15,17H,8-11,16H2,1-2H3. The van der Waals surface area contributed by atoms with Crippen LogP contribution in [0.25, 0.3) is 22.6 Å². The van der Waals surface area contributed by atoms with E-state index in [0.717, 1.165) is 16.7 Å². The van der Waals surface area contributed by atoms with Crippen molar-refractivity contribution < 1.29 is 14.2 Å². The van der Waals surface area contributed by atoms with Gasteiger partial charge in [0.15, 0.2) is 11.6 Å². The third-order valence-corrected chi connectivity index (χ3v) is 5.02. The van der Waals surface area contributed by atoms with Gasteiger partial charge in [-0.1, -0.05) is 18.2 Å². The van der Waals surface area contributed by atoms with Crippen molar-refractivity contribution in [3.63, 3.8) is 0 Å². The lowest BCUT2D eigenvalue weighted by atomic mass is 10.1. The number of hydrogen-bond donors (Lipinski definition) is 0. The smallest absolute Gasteiger partial charge is 0.267 e. The second-order valence-electron chi connectivity index (χ2n) is 7.48. The first-order valence-corrected chi connectivity index (χ1v) is 10.8. The monoisotopic (exact) mass is 462 g/mol. The van der Waals surface area contributed by atoms with E-state index in [-0.39, 0.29) is 5.56 Å². The maximum Gasteiger partial charge on any atom is 0.267 e. The van der Waals surface area contributed by atoms with E-state index in [1.165, 1.54) is 10.7 Å². The lowest BCUT2D eigenvalue weighted by Gasteiger charge is -2.09. The number of aromatic nitrogens is 6. The highest BCUT2D eigenvalue weighted by Crippen LogP contribution is 2.19. The Balaban J connectivity index is 1.50. The topological polar surface area (TPSA) is 106 Å².